The van der Waals surface area contributed by atoms with E-state index in [0.29, 0.717) is 12.8 Å². The molecule has 58 heavy (non-hydrogen) atoms. The third-order valence-electron chi connectivity index (χ3n) is 10.9. The molecule has 0 aromatic heterocycles. The van der Waals surface area contributed by atoms with Crippen LogP contribution in [-0.2, 0) is 4.79 Å². The lowest BCUT2D eigenvalue weighted by molar-refractivity contribution is -0.122. The Kier molecular flexibility index (Phi) is 46.9. The monoisotopic (exact) mass is 806 g/mol. The predicted molar refractivity (Wildman–Crippen MR) is 257 cm³/mol. The smallest absolute Gasteiger partial charge is 0.220 e. The predicted octanol–water partition coefficient (Wildman–Crippen LogP) is 16.0. The van der Waals surface area contributed by atoms with Crippen LogP contribution < -0.4 is 5.32 Å². The summed E-state index contributed by atoms with van der Waals surface area (Å²) in [5, 5.41) is 23.0. The van der Waals surface area contributed by atoms with Gasteiger partial charge in [0.05, 0.1) is 18.8 Å². The normalized spacial score (nSPS) is 13.7. The highest BCUT2D eigenvalue weighted by Gasteiger charge is 2.17. The molecule has 0 saturated carbocycles. The van der Waals surface area contributed by atoms with Gasteiger partial charge in [0.15, 0.2) is 0 Å². The Bertz CT molecular complexity index is 1050. The number of aliphatic hydroxyl groups is 2. The van der Waals surface area contributed by atoms with E-state index in [4.69, 9.17) is 0 Å². The van der Waals surface area contributed by atoms with Gasteiger partial charge in [-0.3, -0.25) is 4.79 Å². The van der Waals surface area contributed by atoms with Crippen molar-refractivity contribution in [2.24, 2.45) is 0 Å². The van der Waals surface area contributed by atoms with E-state index in [-0.39, 0.29) is 12.5 Å². The average molecular weight is 806 g/mol. The van der Waals surface area contributed by atoms with E-state index in [1.165, 1.54) is 154 Å². The largest absolute Gasteiger partial charge is 0.394 e. The number of amides is 1. The number of aliphatic hydroxyl groups excluding tert-OH is 2. The highest BCUT2D eigenvalue weighted by atomic mass is 16.3. The Balaban J connectivity index is 3.62. The third kappa shape index (κ3) is 44.7. The average Bonchev–Trinajstić information content (AvgIpc) is 3.23. The minimum absolute atomic E-state index is 0.147. The summed E-state index contributed by atoms with van der Waals surface area (Å²) in [6, 6.07) is -0.668. The van der Waals surface area contributed by atoms with E-state index in [2.05, 4.69) is 86.0 Å². The maximum Gasteiger partial charge on any atom is 0.220 e. The molecule has 2 unspecified atom stereocenters. The van der Waals surface area contributed by atoms with Crippen LogP contribution in [0.5, 0.6) is 0 Å². The van der Waals surface area contributed by atoms with Gasteiger partial charge < -0.3 is 15.5 Å². The van der Waals surface area contributed by atoms with Crippen molar-refractivity contribution in [3.8, 4) is 0 Å². The fourth-order valence-corrected chi connectivity index (χ4v) is 7.14. The Morgan fingerprint density at radius 3 is 1.10 bits per heavy atom. The molecule has 0 bridgehead atoms. The summed E-state index contributed by atoms with van der Waals surface area (Å²) >= 11 is 0. The zero-order valence-corrected chi connectivity index (χ0v) is 38.3. The second kappa shape index (κ2) is 48.9. The number of allylic oxidation sites excluding steroid dienone is 13. The van der Waals surface area contributed by atoms with E-state index in [1.807, 2.05) is 12.2 Å². The molecule has 0 aliphatic rings. The summed E-state index contributed by atoms with van der Waals surface area (Å²) in [6.07, 6.45) is 71.6. The second-order valence-corrected chi connectivity index (χ2v) is 16.5. The lowest BCUT2D eigenvalue weighted by Gasteiger charge is -2.19. The number of unbranched alkanes of at least 4 members (excludes halogenated alkanes) is 25. The number of carbonyl (C=O) groups excluding carboxylic acids is 1. The van der Waals surface area contributed by atoms with Crippen LogP contribution in [0.3, 0.4) is 0 Å². The van der Waals surface area contributed by atoms with Gasteiger partial charge in [0, 0.05) is 6.42 Å². The first-order valence-corrected chi connectivity index (χ1v) is 24.8. The van der Waals surface area contributed by atoms with Crippen molar-refractivity contribution in [1.82, 2.24) is 5.32 Å². The van der Waals surface area contributed by atoms with Crippen molar-refractivity contribution in [1.29, 1.82) is 0 Å². The van der Waals surface area contributed by atoms with Gasteiger partial charge in [-0.2, -0.15) is 0 Å². The maximum atomic E-state index is 12.4. The summed E-state index contributed by atoms with van der Waals surface area (Å²) in [6.45, 7) is 4.17. The first-order valence-electron chi connectivity index (χ1n) is 24.8. The first-order chi connectivity index (χ1) is 28.7. The molecule has 4 heteroatoms. The number of rotatable bonds is 44. The van der Waals surface area contributed by atoms with Crippen LogP contribution in [0.1, 0.15) is 232 Å². The Hall–Kier alpha value is -2.43. The molecule has 4 nitrogen and oxygen atoms in total. The van der Waals surface area contributed by atoms with Gasteiger partial charge in [0.25, 0.3) is 0 Å². The quantitative estimate of drug-likeness (QED) is 0.0424. The van der Waals surface area contributed by atoms with Gasteiger partial charge in [0.1, 0.15) is 0 Å². The van der Waals surface area contributed by atoms with E-state index in [1.54, 1.807) is 6.08 Å². The van der Waals surface area contributed by atoms with E-state index < -0.39 is 12.1 Å². The maximum absolute atomic E-state index is 12.4. The van der Waals surface area contributed by atoms with Gasteiger partial charge in [0.2, 0.25) is 5.91 Å². The van der Waals surface area contributed by atoms with Gasteiger partial charge in [-0.05, 0) is 57.8 Å². The van der Waals surface area contributed by atoms with E-state index in [9.17, 15) is 15.0 Å². The second-order valence-electron chi connectivity index (χ2n) is 16.5. The zero-order chi connectivity index (χ0) is 42.1. The number of hydrogen-bond donors (Lipinski definition) is 3. The van der Waals surface area contributed by atoms with Gasteiger partial charge in [-0.1, -0.05) is 253 Å². The Morgan fingerprint density at radius 1 is 0.431 bits per heavy atom. The molecule has 0 saturated heterocycles. The molecule has 0 rings (SSSR count). The van der Waals surface area contributed by atoms with Crippen LogP contribution in [0.4, 0.5) is 0 Å². The standard InChI is InChI=1S/C54H95NO3/c1-3-5-7-9-11-13-15-17-19-21-23-24-25-26-27-28-29-30-32-33-35-37-39-41-43-45-47-49-53(57)52(51-56)55-54(58)50-48-46-44-42-40-38-36-34-31-22-20-18-16-14-12-10-8-6-4-2/h6,8,12,14,18,20,31,34,38,40,44,46-47,49,52-53,56-57H,3-5,7,9-11,13,15-17,19,21-30,32-33,35-37,39,41-43,45,48,50-51H2,1-2H3,(H,55,58)/b8-6-,14-12-,20-18-,34-31-,40-38-,46-44-,49-47+. The first kappa shape index (κ1) is 55.6. The van der Waals surface area contributed by atoms with Crippen LogP contribution in [0, 0.1) is 0 Å². The topological polar surface area (TPSA) is 69.6 Å². The fourth-order valence-electron chi connectivity index (χ4n) is 7.14. The molecule has 0 fully saturated rings. The molecule has 1 amide bonds. The van der Waals surface area contributed by atoms with Crippen LogP contribution in [0.25, 0.3) is 0 Å². The van der Waals surface area contributed by atoms with Crippen LogP contribution in [-0.4, -0.2) is 34.9 Å². The van der Waals surface area contributed by atoms with Gasteiger partial charge in [-0.25, -0.2) is 0 Å². The van der Waals surface area contributed by atoms with Crippen molar-refractivity contribution in [3.05, 3.63) is 85.1 Å². The summed E-state index contributed by atoms with van der Waals surface area (Å²) in [5.74, 6) is -0.147. The Labute approximate surface area is 361 Å². The highest BCUT2D eigenvalue weighted by Crippen LogP contribution is 2.16. The number of nitrogens with one attached hydrogen (secondary N) is 1. The van der Waals surface area contributed by atoms with Crippen LogP contribution in [0.15, 0.2) is 85.1 Å². The van der Waals surface area contributed by atoms with Crippen molar-refractivity contribution in [3.63, 3.8) is 0 Å². The summed E-state index contributed by atoms with van der Waals surface area (Å²) in [5.41, 5.74) is 0. The summed E-state index contributed by atoms with van der Waals surface area (Å²) in [7, 11) is 0. The SMILES string of the molecule is CC/C=C\C/C=C\C/C=C\C/C=C\C/C=C\C/C=C\CCC(=O)NC(CO)C(O)/C=C/CCCCCCCCCCCCCCCCCCCCCCCCCCC. The third-order valence-corrected chi connectivity index (χ3v) is 10.9. The molecule has 334 valence electrons. The van der Waals surface area contributed by atoms with Crippen molar-refractivity contribution < 1.29 is 15.0 Å². The molecule has 0 heterocycles. The summed E-state index contributed by atoms with van der Waals surface area (Å²) in [4.78, 5) is 12.4. The highest BCUT2D eigenvalue weighted by molar-refractivity contribution is 5.76. The summed E-state index contributed by atoms with van der Waals surface area (Å²) < 4.78 is 0. The molecular formula is C54H95NO3. The minimum atomic E-state index is -0.876. The van der Waals surface area contributed by atoms with Crippen LogP contribution >= 0.6 is 0 Å². The van der Waals surface area contributed by atoms with Gasteiger partial charge in [-0.15, -0.1) is 0 Å². The molecule has 0 aromatic rings. The van der Waals surface area contributed by atoms with E-state index in [0.717, 1.165) is 51.4 Å². The number of hydrogen-bond acceptors (Lipinski definition) is 3. The van der Waals surface area contributed by atoms with Gasteiger partial charge >= 0.3 is 0 Å². The van der Waals surface area contributed by atoms with Crippen molar-refractivity contribution >= 4 is 5.91 Å². The Morgan fingerprint density at radius 2 is 0.759 bits per heavy atom. The van der Waals surface area contributed by atoms with E-state index >= 15 is 0 Å². The molecule has 0 spiro atoms. The van der Waals surface area contributed by atoms with Crippen LogP contribution in [0.2, 0.25) is 0 Å². The molecular weight excluding hydrogens is 711 g/mol. The lowest BCUT2D eigenvalue weighted by Crippen LogP contribution is -2.45. The van der Waals surface area contributed by atoms with Crippen molar-refractivity contribution in [2.75, 3.05) is 6.61 Å². The molecule has 0 aliphatic carbocycles. The molecule has 0 radical (unpaired) electrons. The molecule has 2 atom stereocenters. The number of carbonyl (C=O) groups is 1. The molecule has 3 N–H and O–H groups in total. The zero-order valence-electron chi connectivity index (χ0n) is 38.3. The minimum Gasteiger partial charge on any atom is -0.394 e. The molecule has 0 aromatic carbocycles. The van der Waals surface area contributed by atoms with Crippen molar-refractivity contribution in [2.45, 2.75) is 244 Å². The fraction of sp³-hybridized carbons (Fsp3) is 0.722. The molecule has 0 aliphatic heterocycles. The lowest BCUT2D eigenvalue weighted by atomic mass is 10.0.